The number of furan rings is 2. The Morgan fingerprint density at radius 2 is 1.35 bits per heavy atom. The highest BCUT2D eigenvalue weighted by Gasteiger charge is 2.43. The zero-order valence-electron chi connectivity index (χ0n) is 34.6. The molecule has 4 heteroatoms. The van der Waals surface area contributed by atoms with E-state index in [0.717, 1.165) is 97.8 Å². The molecule has 1 aliphatic heterocycles. The molecule has 1 aliphatic carbocycles. The fraction of sp³-hybridized carbons (Fsp3) is 0.121. The largest absolute Gasteiger partial charge is 0.456 e. The summed E-state index contributed by atoms with van der Waals surface area (Å²) in [5.74, 6) is 0.188. The Morgan fingerprint density at radius 3 is 2.21 bits per heavy atom. The van der Waals surface area contributed by atoms with Gasteiger partial charge in [0.15, 0.2) is 5.58 Å². The predicted molar refractivity (Wildman–Crippen MR) is 259 cm³/mol. The van der Waals surface area contributed by atoms with Gasteiger partial charge in [0.25, 0.3) is 0 Å². The van der Waals surface area contributed by atoms with Gasteiger partial charge in [-0.3, -0.25) is 4.99 Å². The molecule has 0 fully saturated rings. The number of hydrogen-bond acceptors (Lipinski definition) is 4. The molecule has 0 saturated carbocycles. The van der Waals surface area contributed by atoms with Crippen molar-refractivity contribution in [1.29, 1.82) is 0 Å². The number of aryl methyl sites for hydroxylation is 1. The molecule has 8 aromatic carbocycles. The van der Waals surface area contributed by atoms with Crippen LogP contribution in [0, 0.1) is 0 Å². The van der Waals surface area contributed by atoms with Crippen LogP contribution in [-0.4, -0.2) is 5.71 Å². The second-order valence-electron chi connectivity index (χ2n) is 16.8. The summed E-state index contributed by atoms with van der Waals surface area (Å²) in [4.78, 5) is 8.27. The first-order chi connectivity index (χ1) is 30.7. The molecule has 0 spiro atoms. The summed E-state index contributed by atoms with van der Waals surface area (Å²) >= 11 is 0. The average molecular weight is 801 g/mol. The Kier molecular flexibility index (Phi) is 8.77. The summed E-state index contributed by atoms with van der Waals surface area (Å²) in [5, 5.41) is 6.93. The normalized spacial score (nSPS) is 16.2. The lowest BCUT2D eigenvalue weighted by atomic mass is 9.82. The van der Waals surface area contributed by atoms with Gasteiger partial charge in [-0.05, 0) is 94.8 Å². The zero-order chi connectivity index (χ0) is 41.1. The van der Waals surface area contributed by atoms with Crippen molar-refractivity contribution in [2.45, 2.75) is 44.6 Å². The van der Waals surface area contributed by atoms with Crippen molar-refractivity contribution in [2.24, 2.45) is 4.99 Å². The summed E-state index contributed by atoms with van der Waals surface area (Å²) < 4.78 is 13.5. The minimum atomic E-state index is 0.0707. The van der Waals surface area contributed by atoms with Crippen molar-refractivity contribution in [3.05, 3.63) is 215 Å². The number of rotatable bonds is 9. The van der Waals surface area contributed by atoms with Gasteiger partial charge in [-0.15, -0.1) is 0 Å². The van der Waals surface area contributed by atoms with Crippen LogP contribution < -0.4 is 4.90 Å². The number of para-hydroxylation sites is 2. The average Bonchev–Trinajstić information content (AvgIpc) is 4.00. The molecule has 10 aromatic rings. The first kappa shape index (κ1) is 36.4. The van der Waals surface area contributed by atoms with Crippen LogP contribution in [0.25, 0.3) is 66.4 Å². The Bertz CT molecular complexity index is 3460. The van der Waals surface area contributed by atoms with Gasteiger partial charge < -0.3 is 13.7 Å². The van der Waals surface area contributed by atoms with Gasteiger partial charge in [-0.25, -0.2) is 0 Å². The van der Waals surface area contributed by atoms with Crippen LogP contribution in [0.5, 0.6) is 0 Å². The third-order valence-corrected chi connectivity index (χ3v) is 13.0. The Labute approximate surface area is 360 Å². The molecule has 298 valence electrons. The number of aliphatic imine (C=N–C) groups is 1. The van der Waals surface area contributed by atoms with E-state index in [1.54, 1.807) is 0 Å². The second-order valence-corrected chi connectivity index (χ2v) is 16.8. The SMILES string of the molecule is CCCC(=N/C(=C/CCc1ccccc1)c1ccc2c(c1)oc1ccccc12)c1ccc(N2c3cc4ccccc4cc3C3C=Cc4ccccc4C32)c2oc3ccccc3c12. The predicted octanol–water partition coefficient (Wildman–Crippen LogP) is 15.9. The molecule has 2 unspecified atom stereocenters. The molecule has 2 aliphatic rings. The second kappa shape index (κ2) is 14.9. The molecule has 4 nitrogen and oxygen atoms in total. The third-order valence-electron chi connectivity index (χ3n) is 13.0. The molecule has 0 amide bonds. The summed E-state index contributed by atoms with van der Waals surface area (Å²) in [6.07, 6.45) is 10.5. The minimum absolute atomic E-state index is 0.0707. The van der Waals surface area contributed by atoms with E-state index in [1.807, 2.05) is 12.1 Å². The summed E-state index contributed by atoms with van der Waals surface area (Å²) in [7, 11) is 0. The van der Waals surface area contributed by atoms with Crippen LogP contribution in [0.1, 0.15) is 71.5 Å². The highest BCUT2D eigenvalue weighted by molar-refractivity contribution is 6.22. The maximum absolute atomic E-state index is 7.07. The van der Waals surface area contributed by atoms with Crippen LogP contribution >= 0.6 is 0 Å². The molecular formula is C58H44N2O2. The molecule has 3 heterocycles. The number of nitrogens with zero attached hydrogens (tertiary/aromatic N) is 2. The molecule has 0 N–H and O–H groups in total. The molecule has 62 heavy (non-hydrogen) atoms. The Morgan fingerprint density at radius 1 is 0.629 bits per heavy atom. The zero-order valence-corrected chi connectivity index (χ0v) is 34.6. The molecule has 0 radical (unpaired) electrons. The Hall–Kier alpha value is -7.43. The first-order valence-corrected chi connectivity index (χ1v) is 22.0. The van der Waals surface area contributed by atoms with Crippen molar-refractivity contribution in [3.8, 4) is 0 Å². The smallest absolute Gasteiger partial charge is 0.159 e. The number of fused-ring (bicyclic) bond motifs is 12. The van der Waals surface area contributed by atoms with Crippen LogP contribution in [0.15, 0.2) is 196 Å². The number of anilines is 2. The van der Waals surface area contributed by atoms with E-state index in [1.165, 1.54) is 38.7 Å². The van der Waals surface area contributed by atoms with Crippen molar-refractivity contribution in [1.82, 2.24) is 0 Å². The first-order valence-electron chi connectivity index (χ1n) is 22.0. The van der Waals surface area contributed by atoms with E-state index in [2.05, 4.69) is 188 Å². The van der Waals surface area contributed by atoms with Gasteiger partial charge in [0.05, 0.1) is 17.4 Å². The standard InChI is InChI=1S/C58H44N2O2/c1-2-15-50(59-49(25-14-18-37-16-4-3-5-17-37)41-29-30-44-43-23-10-12-26-53(43)61-55(44)36-41)46-32-33-51(58-56(46)47-24-11-13-27-54(47)62-58)60-52-35-40-21-7-6-20-39(40)34-48(52)45-31-28-38-19-8-9-22-42(38)57(45)60/h3-13,16-17,19-36,45,57H,2,14-15,18H2,1H3/b49-25+,59-50?. The molecule has 0 bridgehead atoms. The summed E-state index contributed by atoms with van der Waals surface area (Å²) in [6, 6.07) is 61.1. The van der Waals surface area contributed by atoms with Crippen molar-refractivity contribution < 1.29 is 8.83 Å². The fourth-order valence-electron chi connectivity index (χ4n) is 10.2. The highest BCUT2D eigenvalue weighted by atomic mass is 16.3. The molecule has 2 aromatic heterocycles. The maximum Gasteiger partial charge on any atom is 0.159 e. The van der Waals surface area contributed by atoms with E-state index in [0.29, 0.717) is 0 Å². The van der Waals surface area contributed by atoms with Crippen molar-refractivity contribution in [3.63, 3.8) is 0 Å². The van der Waals surface area contributed by atoms with Gasteiger partial charge in [-0.2, -0.15) is 0 Å². The summed E-state index contributed by atoms with van der Waals surface area (Å²) in [6.45, 7) is 2.24. The summed E-state index contributed by atoms with van der Waals surface area (Å²) in [5.41, 5.74) is 15.2. The third kappa shape index (κ3) is 6.01. The monoisotopic (exact) mass is 800 g/mol. The van der Waals surface area contributed by atoms with Crippen LogP contribution in [0.4, 0.5) is 11.4 Å². The van der Waals surface area contributed by atoms with E-state index in [4.69, 9.17) is 13.8 Å². The lowest BCUT2D eigenvalue weighted by molar-refractivity contribution is 0.647. The van der Waals surface area contributed by atoms with Gasteiger partial charge >= 0.3 is 0 Å². The van der Waals surface area contributed by atoms with Gasteiger partial charge in [0.2, 0.25) is 0 Å². The molecule has 0 saturated heterocycles. The molecule has 2 atom stereocenters. The number of benzene rings is 8. The molecular weight excluding hydrogens is 757 g/mol. The van der Waals surface area contributed by atoms with Crippen LogP contribution in [-0.2, 0) is 6.42 Å². The van der Waals surface area contributed by atoms with Crippen LogP contribution in [0.3, 0.4) is 0 Å². The van der Waals surface area contributed by atoms with E-state index in [9.17, 15) is 0 Å². The van der Waals surface area contributed by atoms with E-state index >= 15 is 0 Å². The number of hydrogen-bond donors (Lipinski definition) is 0. The van der Waals surface area contributed by atoms with Crippen LogP contribution in [0.2, 0.25) is 0 Å². The van der Waals surface area contributed by atoms with E-state index < -0.39 is 0 Å². The van der Waals surface area contributed by atoms with E-state index in [-0.39, 0.29) is 12.0 Å². The Balaban J connectivity index is 1.06. The maximum atomic E-state index is 7.07. The topological polar surface area (TPSA) is 41.9 Å². The number of allylic oxidation sites excluding steroid dienone is 1. The quantitative estimate of drug-likeness (QED) is 0.137. The highest BCUT2D eigenvalue weighted by Crippen LogP contribution is 2.58. The molecule has 12 rings (SSSR count). The van der Waals surface area contributed by atoms with Gasteiger partial charge in [-0.1, -0.05) is 159 Å². The van der Waals surface area contributed by atoms with Crippen molar-refractivity contribution >= 4 is 83.5 Å². The minimum Gasteiger partial charge on any atom is -0.456 e. The van der Waals surface area contributed by atoms with Gasteiger partial charge in [0, 0.05) is 50.0 Å². The van der Waals surface area contributed by atoms with Gasteiger partial charge in [0.1, 0.15) is 16.7 Å². The van der Waals surface area contributed by atoms with Crippen molar-refractivity contribution in [2.75, 3.05) is 4.90 Å². The lowest BCUT2D eigenvalue weighted by Gasteiger charge is -2.33. The fourth-order valence-corrected chi connectivity index (χ4v) is 10.2. The lowest BCUT2D eigenvalue weighted by Crippen LogP contribution is -2.24.